The zero-order valence-corrected chi connectivity index (χ0v) is 17.3. The quantitative estimate of drug-likeness (QED) is 0.674. The summed E-state index contributed by atoms with van der Waals surface area (Å²) in [6.07, 6.45) is -3.58. The second-order valence-electron chi connectivity index (χ2n) is 6.28. The highest BCUT2D eigenvalue weighted by Gasteiger charge is 2.30. The first kappa shape index (κ1) is 23.3. The van der Waals surface area contributed by atoms with Crippen molar-refractivity contribution >= 4 is 21.6 Å². The van der Waals surface area contributed by atoms with Gasteiger partial charge in [0.25, 0.3) is 0 Å². The minimum atomic E-state index is -4.50. The molecule has 0 radical (unpaired) electrons. The predicted molar refractivity (Wildman–Crippen MR) is 105 cm³/mol. The van der Waals surface area contributed by atoms with Crippen LogP contribution in [0.1, 0.15) is 11.1 Å². The lowest BCUT2D eigenvalue weighted by atomic mass is 10.1. The van der Waals surface area contributed by atoms with Gasteiger partial charge < -0.3 is 14.8 Å². The molecule has 1 N–H and O–H groups in total. The van der Waals surface area contributed by atoms with E-state index in [1.807, 2.05) is 0 Å². The molecule has 2 aromatic carbocycles. The fourth-order valence-electron chi connectivity index (χ4n) is 2.62. The predicted octanol–water partition coefficient (Wildman–Crippen LogP) is 2.81. The Morgan fingerprint density at radius 2 is 1.80 bits per heavy atom. The first-order valence-electron chi connectivity index (χ1n) is 8.58. The van der Waals surface area contributed by atoms with Gasteiger partial charge in [-0.15, -0.1) is 0 Å². The van der Waals surface area contributed by atoms with Gasteiger partial charge in [0.15, 0.2) is 0 Å². The van der Waals surface area contributed by atoms with Crippen molar-refractivity contribution in [2.45, 2.75) is 12.7 Å². The number of sulfonamides is 1. The summed E-state index contributed by atoms with van der Waals surface area (Å²) in [5.41, 5.74) is -0.523. The third kappa shape index (κ3) is 6.02. The van der Waals surface area contributed by atoms with Crippen LogP contribution in [-0.4, -0.2) is 41.3 Å². The van der Waals surface area contributed by atoms with Crippen LogP contribution in [0.15, 0.2) is 42.5 Å². The molecule has 2 rings (SSSR count). The molecule has 0 aliphatic rings. The van der Waals surface area contributed by atoms with Crippen LogP contribution in [0.4, 0.5) is 18.9 Å². The highest BCUT2D eigenvalue weighted by molar-refractivity contribution is 7.92. The average Bonchev–Trinajstić information content (AvgIpc) is 2.68. The first-order valence-corrected chi connectivity index (χ1v) is 10.4. The zero-order chi connectivity index (χ0) is 22.5. The molecule has 0 spiro atoms. The number of carbonyl (C=O) groups excluding carboxylic acids is 1. The lowest BCUT2D eigenvalue weighted by Gasteiger charge is -2.24. The van der Waals surface area contributed by atoms with Gasteiger partial charge in [0, 0.05) is 12.6 Å². The van der Waals surface area contributed by atoms with Crippen LogP contribution in [0, 0.1) is 0 Å². The molecule has 30 heavy (non-hydrogen) atoms. The minimum Gasteiger partial charge on any atom is -0.497 e. The molecular weight excluding hydrogens is 425 g/mol. The molecule has 0 bridgehead atoms. The highest BCUT2D eigenvalue weighted by atomic mass is 32.2. The van der Waals surface area contributed by atoms with E-state index in [1.54, 1.807) is 6.07 Å². The van der Waals surface area contributed by atoms with Gasteiger partial charge in [-0.05, 0) is 29.8 Å². The van der Waals surface area contributed by atoms with Crippen molar-refractivity contribution < 1.29 is 35.9 Å². The highest BCUT2D eigenvalue weighted by Crippen LogP contribution is 2.33. The molecule has 0 aliphatic heterocycles. The van der Waals surface area contributed by atoms with Gasteiger partial charge in [-0.2, -0.15) is 13.2 Å². The molecule has 0 saturated carbocycles. The van der Waals surface area contributed by atoms with Crippen molar-refractivity contribution in [3.63, 3.8) is 0 Å². The summed E-state index contributed by atoms with van der Waals surface area (Å²) in [5, 5.41) is 2.43. The number of nitrogens with one attached hydrogen (secondary N) is 1. The van der Waals surface area contributed by atoms with E-state index in [0.717, 1.165) is 22.7 Å². The maximum absolute atomic E-state index is 12.8. The number of ether oxygens (including phenoxy) is 2. The fourth-order valence-corrected chi connectivity index (χ4v) is 3.47. The van der Waals surface area contributed by atoms with Crippen LogP contribution in [-0.2, 0) is 27.5 Å². The van der Waals surface area contributed by atoms with Crippen molar-refractivity contribution in [2.24, 2.45) is 0 Å². The molecule has 164 valence electrons. The van der Waals surface area contributed by atoms with Crippen LogP contribution in [0.25, 0.3) is 0 Å². The standard InChI is InChI=1S/C19H21F3N2O5S/c1-28-15-7-8-17(29-2)16(10-15)24(30(3,26)27)12-18(25)23-11-13-5-4-6-14(9-13)19(20,21)22/h4-10H,11-12H2,1-3H3,(H,23,25). The van der Waals surface area contributed by atoms with E-state index in [0.29, 0.717) is 5.75 Å². The Morgan fingerprint density at radius 3 is 2.37 bits per heavy atom. The summed E-state index contributed by atoms with van der Waals surface area (Å²) in [6.45, 7) is -0.795. The fraction of sp³-hybridized carbons (Fsp3) is 0.316. The van der Waals surface area contributed by atoms with Gasteiger partial charge in [-0.1, -0.05) is 12.1 Å². The monoisotopic (exact) mass is 446 g/mol. The number of anilines is 1. The molecule has 0 saturated heterocycles. The second kappa shape index (κ2) is 9.24. The summed E-state index contributed by atoms with van der Waals surface area (Å²) in [4.78, 5) is 12.4. The maximum Gasteiger partial charge on any atom is 0.416 e. The average molecular weight is 446 g/mol. The van der Waals surface area contributed by atoms with Crippen molar-refractivity contribution in [1.82, 2.24) is 5.32 Å². The van der Waals surface area contributed by atoms with E-state index in [9.17, 15) is 26.4 Å². The Balaban J connectivity index is 2.20. The normalized spacial score (nSPS) is 11.7. The van der Waals surface area contributed by atoms with Crippen molar-refractivity contribution in [1.29, 1.82) is 0 Å². The molecule has 0 aliphatic carbocycles. The summed E-state index contributed by atoms with van der Waals surface area (Å²) in [7, 11) is -1.14. The Labute approximate surface area is 172 Å². The molecule has 0 unspecified atom stereocenters. The van der Waals surface area contributed by atoms with Crippen LogP contribution < -0.4 is 19.1 Å². The lowest BCUT2D eigenvalue weighted by molar-refractivity contribution is -0.137. The molecule has 0 atom stereocenters. The molecule has 0 heterocycles. The summed E-state index contributed by atoms with van der Waals surface area (Å²) in [6, 6.07) is 8.96. The Kier molecular flexibility index (Phi) is 7.19. The van der Waals surface area contributed by atoms with Gasteiger partial charge in [-0.3, -0.25) is 9.10 Å². The number of hydrogen-bond donors (Lipinski definition) is 1. The molecule has 2 aromatic rings. The number of methoxy groups -OCH3 is 2. The molecule has 0 fully saturated rings. The van der Waals surface area contributed by atoms with Crippen LogP contribution in [0.3, 0.4) is 0 Å². The van der Waals surface area contributed by atoms with E-state index in [1.165, 1.54) is 38.5 Å². The summed E-state index contributed by atoms with van der Waals surface area (Å²) >= 11 is 0. The third-order valence-corrected chi connectivity index (χ3v) is 5.21. The van der Waals surface area contributed by atoms with Gasteiger partial charge in [-0.25, -0.2) is 8.42 Å². The van der Waals surface area contributed by atoms with Crippen LogP contribution >= 0.6 is 0 Å². The molecule has 1 amide bonds. The maximum atomic E-state index is 12.8. The zero-order valence-electron chi connectivity index (χ0n) is 16.5. The van der Waals surface area contributed by atoms with Crippen LogP contribution in [0.5, 0.6) is 11.5 Å². The van der Waals surface area contributed by atoms with Crippen molar-refractivity contribution in [2.75, 3.05) is 31.3 Å². The van der Waals surface area contributed by atoms with E-state index in [2.05, 4.69) is 5.32 Å². The number of amides is 1. The van der Waals surface area contributed by atoms with Gasteiger partial charge in [0.05, 0.1) is 31.7 Å². The van der Waals surface area contributed by atoms with Crippen molar-refractivity contribution in [3.8, 4) is 11.5 Å². The van der Waals surface area contributed by atoms with Crippen molar-refractivity contribution in [3.05, 3.63) is 53.6 Å². The topological polar surface area (TPSA) is 84.9 Å². The Morgan fingerprint density at radius 1 is 1.10 bits per heavy atom. The first-order chi connectivity index (χ1) is 14.0. The van der Waals surface area contributed by atoms with E-state index in [-0.39, 0.29) is 23.5 Å². The smallest absolute Gasteiger partial charge is 0.416 e. The van der Waals surface area contributed by atoms with Gasteiger partial charge >= 0.3 is 6.18 Å². The van der Waals surface area contributed by atoms with Gasteiger partial charge in [0.2, 0.25) is 15.9 Å². The minimum absolute atomic E-state index is 0.0913. The van der Waals surface area contributed by atoms with E-state index >= 15 is 0 Å². The van der Waals surface area contributed by atoms with E-state index in [4.69, 9.17) is 9.47 Å². The number of nitrogens with zero attached hydrogens (tertiary/aromatic N) is 1. The lowest BCUT2D eigenvalue weighted by Crippen LogP contribution is -2.40. The molecule has 0 aromatic heterocycles. The molecule has 11 heteroatoms. The number of halogens is 3. The largest absolute Gasteiger partial charge is 0.497 e. The number of rotatable bonds is 8. The summed E-state index contributed by atoms with van der Waals surface area (Å²) < 4.78 is 74.1. The Bertz CT molecular complexity index is 1010. The SMILES string of the molecule is COc1ccc(OC)c(N(CC(=O)NCc2cccc(C(F)(F)F)c2)S(C)(=O)=O)c1. The second-order valence-corrected chi connectivity index (χ2v) is 8.19. The number of benzene rings is 2. The molecule has 7 nitrogen and oxygen atoms in total. The number of carbonyl (C=O) groups is 1. The van der Waals surface area contributed by atoms with Gasteiger partial charge in [0.1, 0.15) is 18.0 Å². The third-order valence-electron chi connectivity index (χ3n) is 4.09. The van der Waals surface area contributed by atoms with Crippen LogP contribution in [0.2, 0.25) is 0 Å². The Hall–Kier alpha value is -2.95. The number of alkyl halides is 3. The number of hydrogen-bond acceptors (Lipinski definition) is 5. The van der Waals surface area contributed by atoms with E-state index < -0.39 is 34.2 Å². The molecular formula is C19H21F3N2O5S. The summed E-state index contributed by atoms with van der Waals surface area (Å²) in [5.74, 6) is -0.154.